The minimum Gasteiger partial charge on any atom is -0.508 e. The van der Waals surface area contributed by atoms with E-state index in [4.69, 9.17) is 26.7 Å². The van der Waals surface area contributed by atoms with E-state index in [1.54, 1.807) is 18.5 Å². The molecule has 1 N–H and O–H groups in total. The van der Waals surface area contributed by atoms with E-state index in [-0.39, 0.29) is 5.75 Å². The highest BCUT2D eigenvalue weighted by Crippen LogP contribution is 2.35. The molecule has 0 aliphatic carbocycles. The molecule has 10 aromatic rings. The van der Waals surface area contributed by atoms with Crippen molar-refractivity contribution < 1.29 is 9.79 Å². The Morgan fingerprint density at radius 1 is 0.589 bits per heavy atom. The van der Waals surface area contributed by atoms with E-state index in [2.05, 4.69) is 80.7 Å². The standard InChI is InChI=1S/C44H31ClN10O/c1-51(33-9-7-8-30(22-33)28-14-18-32(45)19-15-28)42-38-11-4-6-13-40(38)54-27-55(50-44(54)48-42)35-24-31(29-16-20-36(56)21-17-29)23-34(25-35)52(2)41-37-10-3-5-12-39(37)53-26-46-49-43(53)47-41/h3-27H,1-2H3/p+1. The first kappa shape index (κ1) is 33.2. The quantitative estimate of drug-likeness (QED) is 0.161. The van der Waals surface area contributed by atoms with Crippen molar-refractivity contribution in [3.8, 4) is 33.7 Å². The van der Waals surface area contributed by atoms with Crippen molar-refractivity contribution in [2.45, 2.75) is 0 Å². The lowest BCUT2D eigenvalue weighted by molar-refractivity contribution is -0.655. The van der Waals surface area contributed by atoms with Crippen LogP contribution in [0.1, 0.15) is 0 Å². The van der Waals surface area contributed by atoms with Crippen LogP contribution >= 0.6 is 11.6 Å². The van der Waals surface area contributed by atoms with Gasteiger partial charge in [-0.25, -0.2) is 0 Å². The summed E-state index contributed by atoms with van der Waals surface area (Å²) in [7, 11) is 4.02. The summed E-state index contributed by atoms with van der Waals surface area (Å²) in [5.74, 6) is 2.75. The Morgan fingerprint density at radius 2 is 1.21 bits per heavy atom. The first-order valence-electron chi connectivity index (χ1n) is 17.9. The molecule has 270 valence electrons. The molecule has 0 radical (unpaired) electrons. The van der Waals surface area contributed by atoms with Crippen LogP contribution in [0.25, 0.3) is 61.3 Å². The molecule has 0 fully saturated rings. The van der Waals surface area contributed by atoms with Gasteiger partial charge in [0.05, 0.1) is 10.9 Å². The van der Waals surface area contributed by atoms with E-state index in [0.717, 1.165) is 72.8 Å². The second-order valence-electron chi connectivity index (χ2n) is 13.6. The van der Waals surface area contributed by atoms with E-state index in [9.17, 15) is 5.11 Å². The van der Waals surface area contributed by atoms with Gasteiger partial charge in [-0.15, -0.1) is 10.2 Å². The van der Waals surface area contributed by atoms with Crippen molar-refractivity contribution in [2.24, 2.45) is 0 Å². The number of fused-ring (bicyclic) bond motifs is 6. The molecule has 0 saturated carbocycles. The summed E-state index contributed by atoms with van der Waals surface area (Å²) >= 11 is 6.18. The van der Waals surface area contributed by atoms with Crippen LogP contribution in [0.4, 0.5) is 23.0 Å². The molecule has 0 unspecified atom stereocenters. The molecule has 0 bridgehead atoms. The van der Waals surface area contributed by atoms with Gasteiger partial charge < -0.3 is 14.9 Å². The lowest BCUT2D eigenvalue weighted by Crippen LogP contribution is -2.32. The average molecular weight is 752 g/mol. The maximum atomic E-state index is 10.1. The Hall–Kier alpha value is -7.37. The Balaban J connectivity index is 1.11. The van der Waals surface area contributed by atoms with Gasteiger partial charge in [-0.2, -0.15) is 14.4 Å². The summed E-state index contributed by atoms with van der Waals surface area (Å²) in [4.78, 5) is 14.3. The maximum Gasteiger partial charge on any atom is 0.365 e. The number of hydrogen-bond acceptors (Lipinski definition) is 8. The van der Waals surface area contributed by atoms with E-state index in [1.807, 2.05) is 101 Å². The molecule has 0 atom stereocenters. The Kier molecular flexibility index (Phi) is 7.82. The van der Waals surface area contributed by atoms with Crippen LogP contribution in [0.5, 0.6) is 5.75 Å². The average Bonchev–Trinajstić information content (AvgIpc) is 3.91. The number of nitrogens with zero attached hydrogens (tertiary/aromatic N) is 10. The van der Waals surface area contributed by atoms with Gasteiger partial charge in [0.25, 0.3) is 12.1 Å². The fourth-order valence-corrected chi connectivity index (χ4v) is 7.39. The second-order valence-corrected chi connectivity index (χ2v) is 14.0. The number of benzene rings is 6. The molecule has 4 aromatic heterocycles. The molecule has 0 aliphatic rings. The zero-order chi connectivity index (χ0) is 37.9. The molecule has 0 amide bonds. The molecule has 0 spiro atoms. The predicted molar refractivity (Wildman–Crippen MR) is 220 cm³/mol. The van der Waals surface area contributed by atoms with E-state index >= 15 is 0 Å². The summed E-state index contributed by atoms with van der Waals surface area (Å²) in [6.45, 7) is 0. The topological polar surface area (TPSA) is 104 Å². The Morgan fingerprint density at radius 3 is 1.96 bits per heavy atom. The Labute approximate surface area is 325 Å². The van der Waals surface area contributed by atoms with Crippen molar-refractivity contribution in [1.82, 2.24) is 34.1 Å². The van der Waals surface area contributed by atoms with Crippen molar-refractivity contribution in [1.29, 1.82) is 0 Å². The third-order valence-corrected chi connectivity index (χ3v) is 10.4. The van der Waals surface area contributed by atoms with Crippen LogP contribution in [0, 0.1) is 0 Å². The van der Waals surface area contributed by atoms with Gasteiger partial charge in [0.1, 0.15) is 23.4 Å². The van der Waals surface area contributed by atoms with Crippen LogP contribution < -0.4 is 14.5 Å². The third kappa shape index (κ3) is 5.69. The molecular weight excluding hydrogens is 720 g/mol. The van der Waals surface area contributed by atoms with Crippen molar-refractivity contribution in [3.63, 3.8) is 0 Å². The normalized spacial score (nSPS) is 11.6. The SMILES string of the molecule is CN(c1cc(-c2ccc(O)cc2)cc(-[n+]2cn3c(nc(N(C)c4cccc(-c5ccc(Cl)cc5)c4)c4ccccc43)n2)c1)c1nc2nncn2c2ccccc12. The van der Waals surface area contributed by atoms with Crippen molar-refractivity contribution in [2.75, 3.05) is 23.9 Å². The molecular formula is C44H32ClN10O+. The number of rotatable bonds is 7. The number of phenols is 1. The smallest absolute Gasteiger partial charge is 0.365 e. The van der Waals surface area contributed by atoms with Crippen LogP contribution in [0.3, 0.4) is 0 Å². The fraction of sp³-hybridized carbons (Fsp3) is 0.0455. The van der Waals surface area contributed by atoms with E-state index < -0.39 is 0 Å². The zero-order valence-corrected chi connectivity index (χ0v) is 31.0. The lowest BCUT2D eigenvalue weighted by atomic mass is 10.0. The van der Waals surface area contributed by atoms with Gasteiger partial charge in [-0.05, 0) is 100 Å². The van der Waals surface area contributed by atoms with Gasteiger partial charge in [0.2, 0.25) is 0 Å². The highest BCUT2D eigenvalue weighted by atomic mass is 35.5. The number of halogens is 1. The van der Waals surface area contributed by atoms with Crippen molar-refractivity contribution >= 4 is 68.0 Å². The van der Waals surface area contributed by atoms with Gasteiger partial charge in [0, 0.05) is 41.9 Å². The largest absolute Gasteiger partial charge is 0.508 e. The molecule has 4 heterocycles. The van der Waals surface area contributed by atoms with Crippen LogP contribution in [0.15, 0.2) is 152 Å². The number of anilines is 4. The van der Waals surface area contributed by atoms with Crippen molar-refractivity contribution in [3.05, 3.63) is 157 Å². The highest BCUT2D eigenvalue weighted by molar-refractivity contribution is 6.30. The molecule has 11 nitrogen and oxygen atoms in total. The predicted octanol–water partition coefficient (Wildman–Crippen LogP) is 8.98. The summed E-state index contributed by atoms with van der Waals surface area (Å²) in [6, 6.07) is 46.0. The molecule has 0 saturated heterocycles. The number of hydrogen-bond donors (Lipinski definition) is 1. The second kappa shape index (κ2) is 13.2. The number of phenolic OH excluding ortho intramolecular Hbond substituents is 1. The van der Waals surface area contributed by atoms with E-state index in [1.165, 1.54) is 0 Å². The van der Waals surface area contributed by atoms with Crippen LogP contribution in [0.2, 0.25) is 5.02 Å². The van der Waals surface area contributed by atoms with Gasteiger partial charge in [0.15, 0.2) is 11.5 Å². The number of para-hydroxylation sites is 2. The van der Waals surface area contributed by atoms with Gasteiger partial charge in [-0.1, -0.05) is 76.9 Å². The summed E-state index contributed by atoms with van der Waals surface area (Å²) in [5.41, 5.74) is 8.60. The summed E-state index contributed by atoms with van der Waals surface area (Å²) in [6.07, 6.45) is 3.64. The van der Waals surface area contributed by atoms with Gasteiger partial charge in [-0.3, -0.25) is 4.40 Å². The Bertz CT molecular complexity index is 3100. The molecule has 6 aromatic carbocycles. The third-order valence-electron chi connectivity index (χ3n) is 10.2. The maximum absolute atomic E-state index is 10.1. The highest BCUT2D eigenvalue weighted by Gasteiger charge is 2.23. The molecule has 56 heavy (non-hydrogen) atoms. The van der Waals surface area contributed by atoms with E-state index in [0.29, 0.717) is 16.6 Å². The summed E-state index contributed by atoms with van der Waals surface area (Å²) < 4.78 is 5.76. The van der Waals surface area contributed by atoms with Gasteiger partial charge >= 0.3 is 5.78 Å². The monoisotopic (exact) mass is 751 g/mol. The lowest BCUT2D eigenvalue weighted by Gasteiger charge is -2.21. The molecule has 10 rings (SSSR count). The number of aromatic nitrogens is 8. The first-order chi connectivity index (χ1) is 27.4. The zero-order valence-electron chi connectivity index (χ0n) is 30.2. The fourth-order valence-electron chi connectivity index (χ4n) is 7.27. The molecule has 12 heteroatoms. The number of aromatic hydroxyl groups is 1. The molecule has 0 aliphatic heterocycles. The van der Waals surface area contributed by atoms with Crippen LogP contribution in [-0.2, 0) is 0 Å². The minimum atomic E-state index is 0.199. The minimum absolute atomic E-state index is 0.199. The summed E-state index contributed by atoms with van der Waals surface area (Å²) in [5, 5.41) is 26.2. The van der Waals surface area contributed by atoms with Crippen LogP contribution in [-0.4, -0.2) is 53.3 Å². The first-order valence-corrected chi connectivity index (χ1v) is 18.3.